The molecule has 0 fully saturated rings. The van der Waals surface area contributed by atoms with Gasteiger partial charge in [-0.2, -0.15) is 0 Å². The lowest BCUT2D eigenvalue weighted by molar-refractivity contribution is -0.297. The van der Waals surface area contributed by atoms with Gasteiger partial charge in [0, 0.05) is 6.42 Å². The van der Waals surface area contributed by atoms with Gasteiger partial charge in [-0.25, -0.2) is 0 Å². The predicted molar refractivity (Wildman–Crippen MR) is 99.3 cm³/mol. The van der Waals surface area contributed by atoms with Gasteiger partial charge in [0.1, 0.15) is 0 Å². The van der Waals surface area contributed by atoms with Gasteiger partial charge in [-0.1, -0.05) is 25.0 Å². The molecular formula is C16H18Cl3O5Si-. The third kappa shape index (κ3) is 9.74. The zero-order valence-electron chi connectivity index (χ0n) is 13.6. The Morgan fingerprint density at radius 2 is 1.88 bits per heavy atom. The van der Waals surface area contributed by atoms with Crippen LogP contribution >= 0.6 is 33.2 Å². The highest BCUT2D eigenvalue weighted by Gasteiger charge is 2.23. The highest BCUT2D eigenvalue weighted by molar-refractivity contribution is 7.64. The van der Waals surface area contributed by atoms with E-state index in [0.717, 1.165) is 18.9 Å². The lowest BCUT2D eigenvalue weighted by Gasteiger charge is -2.10. The number of methoxy groups -OCH3 is 1. The molecule has 0 aliphatic carbocycles. The highest BCUT2D eigenvalue weighted by atomic mass is 35.8. The number of ether oxygens (including phenoxy) is 2. The number of benzene rings is 1. The molecule has 25 heavy (non-hydrogen) atoms. The first kappa shape index (κ1) is 21.8. The standard InChI is InChI=1S/C16H19Cl3O5Si/c1-23-14-11-12(7-9-15(20)21)6-8-13(14)24-16(22)5-3-2-4-10-25(17,18)19/h6-9,11H,2-5,10H2,1H3,(H,20,21)/p-1/b9-7+. The monoisotopic (exact) mass is 423 g/mol. The van der Waals surface area contributed by atoms with Gasteiger partial charge in [0.05, 0.1) is 13.1 Å². The first-order valence-electron chi connectivity index (χ1n) is 7.56. The van der Waals surface area contributed by atoms with E-state index in [1.165, 1.54) is 13.2 Å². The number of esters is 1. The molecule has 1 rings (SSSR count). The molecule has 0 spiro atoms. The summed E-state index contributed by atoms with van der Waals surface area (Å²) in [4.78, 5) is 22.3. The molecule has 5 nitrogen and oxygen atoms in total. The summed E-state index contributed by atoms with van der Waals surface area (Å²) in [6, 6.07) is 2.69. The fraction of sp³-hybridized carbons (Fsp3) is 0.375. The maximum Gasteiger partial charge on any atom is 0.341 e. The molecule has 0 atom stereocenters. The SMILES string of the molecule is COc1cc(/C=C/C(=O)[O-])ccc1OC(=O)CCCCC[Si](Cl)(Cl)Cl. The van der Waals surface area contributed by atoms with E-state index in [-0.39, 0.29) is 18.1 Å². The molecular weight excluding hydrogens is 407 g/mol. The second-order valence-corrected chi connectivity index (χ2v) is 14.5. The zero-order chi connectivity index (χ0) is 18.9. The minimum atomic E-state index is -2.59. The lowest BCUT2D eigenvalue weighted by atomic mass is 10.2. The van der Waals surface area contributed by atoms with Gasteiger partial charge in [-0.05, 0) is 36.2 Å². The number of carbonyl (C=O) groups excluding carboxylic acids is 2. The molecule has 0 bridgehead atoms. The number of hydrogen-bond acceptors (Lipinski definition) is 5. The lowest BCUT2D eigenvalue weighted by Crippen LogP contribution is -2.18. The third-order valence-electron chi connectivity index (χ3n) is 3.16. The minimum absolute atomic E-state index is 0.247. The fourth-order valence-electron chi connectivity index (χ4n) is 1.98. The molecule has 0 unspecified atom stereocenters. The van der Waals surface area contributed by atoms with E-state index in [1.54, 1.807) is 18.2 Å². The molecule has 0 heterocycles. The van der Waals surface area contributed by atoms with Crippen molar-refractivity contribution in [1.82, 2.24) is 0 Å². The molecule has 0 radical (unpaired) electrons. The summed E-state index contributed by atoms with van der Waals surface area (Å²) in [6.45, 7) is 0. The predicted octanol–water partition coefficient (Wildman–Crippen LogP) is 3.58. The average Bonchev–Trinajstić information content (AvgIpc) is 2.52. The van der Waals surface area contributed by atoms with Crippen LogP contribution in [0.25, 0.3) is 6.08 Å². The normalized spacial score (nSPS) is 11.5. The van der Waals surface area contributed by atoms with Crippen LogP contribution in [-0.4, -0.2) is 25.1 Å². The third-order valence-corrected chi connectivity index (χ3v) is 5.79. The molecule has 0 saturated heterocycles. The Bertz CT molecular complexity index is 629. The number of carboxylic acids is 1. The summed E-state index contributed by atoms with van der Waals surface area (Å²) in [5.74, 6) is -1.09. The van der Waals surface area contributed by atoms with Crippen molar-refractivity contribution in [3.63, 3.8) is 0 Å². The first-order chi connectivity index (χ1) is 11.7. The van der Waals surface area contributed by atoms with Crippen molar-refractivity contribution in [2.24, 2.45) is 0 Å². The van der Waals surface area contributed by atoms with Crippen LogP contribution in [0.5, 0.6) is 11.5 Å². The zero-order valence-corrected chi connectivity index (χ0v) is 16.9. The molecule has 0 aliphatic rings. The molecule has 0 amide bonds. The van der Waals surface area contributed by atoms with Crippen LogP contribution in [-0.2, 0) is 9.59 Å². The van der Waals surface area contributed by atoms with E-state index in [9.17, 15) is 14.7 Å². The van der Waals surface area contributed by atoms with E-state index >= 15 is 0 Å². The number of carbonyl (C=O) groups is 2. The molecule has 1 aromatic carbocycles. The largest absolute Gasteiger partial charge is 0.545 e. The van der Waals surface area contributed by atoms with Gasteiger partial charge in [-0.15, -0.1) is 33.2 Å². The minimum Gasteiger partial charge on any atom is -0.545 e. The van der Waals surface area contributed by atoms with Crippen LogP contribution in [0.4, 0.5) is 0 Å². The van der Waals surface area contributed by atoms with Crippen LogP contribution in [0.2, 0.25) is 6.04 Å². The molecule has 9 heteroatoms. The van der Waals surface area contributed by atoms with Crippen LogP contribution < -0.4 is 14.6 Å². The fourth-order valence-corrected chi connectivity index (χ4v) is 3.84. The number of rotatable bonds is 10. The van der Waals surface area contributed by atoms with Gasteiger partial charge < -0.3 is 19.4 Å². The van der Waals surface area contributed by atoms with Gasteiger partial charge >= 0.3 is 12.0 Å². The second-order valence-electron chi connectivity index (χ2n) is 5.21. The summed E-state index contributed by atoms with van der Waals surface area (Å²) in [5, 5.41) is 10.4. The number of carboxylic acid groups (broad SMARTS) is 1. The molecule has 0 N–H and O–H groups in total. The maximum atomic E-state index is 11.9. The van der Waals surface area contributed by atoms with Crippen molar-refractivity contribution < 1.29 is 24.2 Å². The van der Waals surface area contributed by atoms with Crippen LogP contribution in [0.15, 0.2) is 24.3 Å². The topological polar surface area (TPSA) is 75.7 Å². The van der Waals surface area contributed by atoms with Crippen molar-refractivity contribution in [2.45, 2.75) is 31.7 Å². The molecule has 1 aromatic rings. The Hall–Kier alpha value is -1.21. The number of halogens is 3. The van der Waals surface area contributed by atoms with E-state index in [2.05, 4.69) is 0 Å². The second kappa shape index (κ2) is 10.7. The van der Waals surface area contributed by atoms with Crippen molar-refractivity contribution in [3.8, 4) is 11.5 Å². The Labute approximate surface area is 161 Å². The summed E-state index contributed by atoms with van der Waals surface area (Å²) in [5.41, 5.74) is 0.580. The van der Waals surface area contributed by atoms with Gasteiger partial charge in [0.2, 0.25) is 0 Å². The smallest absolute Gasteiger partial charge is 0.341 e. The van der Waals surface area contributed by atoms with Gasteiger partial charge in [0.25, 0.3) is 0 Å². The van der Waals surface area contributed by atoms with E-state index in [0.29, 0.717) is 23.8 Å². The quantitative estimate of drug-likeness (QED) is 0.143. The van der Waals surface area contributed by atoms with Crippen LogP contribution in [0.3, 0.4) is 0 Å². The maximum absolute atomic E-state index is 11.9. The number of unbranched alkanes of at least 4 members (excludes halogenated alkanes) is 2. The molecule has 138 valence electrons. The van der Waals surface area contributed by atoms with Crippen molar-refractivity contribution >= 4 is 57.3 Å². The highest BCUT2D eigenvalue weighted by Crippen LogP contribution is 2.30. The summed E-state index contributed by atoms with van der Waals surface area (Å²) >= 11 is 17.4. The van der Waals surface area contributed by atoms with Gasteiger partial charge in [0.15, 0.2) is 11.5 Å². The van der Waals surface area contributed by atoms with E-state index in [4.69, 9.17) is 42.7 Å². The Morgan fingerprint density at radius 1 is 1.16 bits per heavy atom. The molecule has 0 saturated carbocycles. The van der Waals surface area contributed by atoms with Crippen LogP contribution in [0, 0.1) is 0 Å². The molecule has 0 aliphatic heterocycles. The average molecular weight is 425 g/mol. The van der Waals surface area contributed by atoms with E-state index < -0.39 is 12.0 Å². The summed E-state index contributed by atoms with van der Waals surface area (Å²) in [7, 11) is 1.43. The van der Waals surface area contributed by atoms with Crippen molar-refractivity contribution in [1.29, 1.82) is 0 Å². The van der Waals surface area contributed by atoms with Crippen LogP contribution in [0.1, 0.15) is 31.2 Å². The molecule has 0 aromatic heterocycles. The van der Waals surface area contributed by atoms with E-state index in [1.807, 2.05) is 0 Å². The number of aliphatic carboxylic acids is 1. The first-order valence-corrected chi connectivity index (χ1v) is 12.8. The Balaban J connectivity index is 2.52. The van der Waals surface area contributed by atoms with Crippen molar-refractivity contribution in [2.75, 3.05) is 7.11 Å². The Kier molecular flexibility index (Phi) is 9.35. The number of hydrogen-bond donors (Lipinski definition) is 0. The summed E-state index contributed by atoms with van der Waals surface area (Å²) < 4.78 is 10.4. The van der Waals surface area contributed by atoms with Gasteiger partial charge in [-0.3, -0.25) is 4.79 Å². The summed E-state index contributed by atoms with van der Waals surface area (Å²) in [6.07, 6.45) is 4.69. The Morgan fingerprint density at radius 3 is 2.48 bits per heavy atom. The van der Waals surface area contributed by atoms with Crippen molar-refractivity contribution in [3.05, 3.63) is 29.8 Å².